The topological polar surface area (TPSA) is 46.6 Å². The maximum absolute atomic E-state index is 11.5. The largest absolute Gasteiger partial charge is 0.461 e. The van der Waals surface area contributed by atoms with E-state index in [0.29, 0.717) is 13.0 Å². The molecule has 4 nitrogen and oxygen atoms in total. The molecule has 0 saturated carbocycles. The number of carbonyl (C=O) groups is 2. The Bertz CT molecular complexity index is 250. The Labute approximate surface area is 89.9 Å². The lowest BCUT2D eigenvalue weighted by Gasteiger charge is -2.19. The van der Waals surface area contributed by atoms with Crippen molar-refractivity contribution in [3.8, 4) is 0 Å². The van der Waals surface area contributed by atoms with Crippen molar-refractivity contribution in [2.24, 2.45) is 0 Å². The Morgan fingerprint density at radius 1 is 1.47 bits per heavy atom. The molecule has 1 aliphatic rings. The summed E-state index contributed by atoms with van der Waals surface area (Å²) in [5.74, 6) is -0.264. The average molecular weight is 211 g/mol. The molecule has 1 aliphatic heterocycles. The van der Waals surface area contributed by atoms with Crippen LogP contribution in [0.5, 0.6) is 0 Å². The summed E-state index contributed by atoms with van der Waals surface area (Å²) in [5.41, 5.74) is 0. The molecule has 1 saturated heterocycles. The van der Waals surface area contributed by atoms with Gasteiger partial charge in [0.1, 0.15) is 6.61 Å². The second kappa shape index (κ2) is 6.22. The number of hydrogen-bond donors (Lipinski definition) is 0. The summed E-state index contributed by atoms with van der Waals surface area (Å²) in [5, 5.41) is 0. The standard InChI is InChI=1S/C11H17NO3/c1-2-11(14)15-9-8-12-7-5-3-4-6-10(12)13/h2H,1,3-9H2. The number of ether oxygens (including phenoxy) is 1. The third-order valence-corrected chi connectivity index (χ3v) is 2.44. The first-order valence-electron chi connectivity index (χ1n) is 5.31. The molecule has 0 aromatic rings. The van der Waals surface area contributed by atoms with Crippen LogP contribution in [0.2, 0.25) is 0 Å². The third-order valence-electron chi connectivity index (χ3n) is 2.44. The fourth-order valence-electron chi connectivity index (χ4n) is 1.59. The molecule has 1 heterocycles. The molecule has 0 atom stereocenters. The van der Waals surface area contributed by atoms with Crippen molar-refractivity contribution < 1.29 is 14.3 Å². The summed E-state index contributed by atoms with van der Waals surface area (Å²) < 4.78 is 4.83. The Morgan fingerprint density at radius 3 is 3.00 bits per heavy atom. The Hall–Kier alpha value is -1.32. The van der Waals surface area contributed by atoms with E-state index in [2.05, 4.69) is 6.58 Å². The van der Waals surface area contributed by atoms with Gasteiger partial charge in [0, 0.05) is 19.0 Å². The van der Waals surface area contributed by atoms with E-state index < -0.39 is 5.97 Å². The van der Waals surface area contributed by atoms with Gasteiger partial charge in [-0.05, 0) is 12.8 Å². The van der Waals surface area contributed by atoms with E-state index >= 15 is 0 Å². The molecule has 4 heteroatoms. The lowest BCUT2D eigenvalue weighted by Crippen LogP contribution is -2.33. The molecular formula is C11H17NO3. The van der Waals surface area contributed by atoms with Gasteiger partial charge >= 0.3 is 5.97 Å². The van der Waals surface area contributed by atoms with E-state index in [4.69, 9.17) is 4.74 Å². The van der Waals surface area contributed by atoms with Crippen LogP contribution < -0.4 is 0 Å². The highest BCUT2D eigenvalue weighted by Crippen LogP contribution is 2.10. The van der Waals surface area contributed by atoms with Crippen molar-refractivity contribution in [2.75, 3.05) is 19.7 Å². The highest BCUT2D eigenvalue weighted by molar-refractivity contribution is 5.81. The molecule has 0 spiro atoms. The Kier molecular flexibility index (Phi) is 4.87. The number of esters is 1. The zero-order valence-corrected chi connectivity index (χ0v) is 8.91. The first-order chi connectivity index (χ1) is 7.24. The van der Waals surface area contributed by atoms with Crippen molar-refractivity contribution in [1.82, 2.24) is 4.90 Å². The van der Waals surface area contributed by atoms with E-state index in [1.165, 1.54) is 0 Å². The summed E-state index contributed by atoms with van der Waals surface area (Å²) in [7, 11) is 0. The number of nitrogens with zero attached hydrogens (tertiary/aromatic N) is 1. The lowest BCUT2D eigenvalue weighted by atomic mass is 10.2. The smallest absolute Gasteiger partial charge is 0.330 e. The van der Waals surface area contributed by atoms with Crippen molar-refractivity contribution in [3.63, 3.8) is 0 Å². The zero-order valence-electron chi connectivity index (χ0n) is 8.91. The number of carbonyl (C=O) groups excluding carboxylic acids is 2. The quantitative estimate of drug-likeness (QED) is 0.517. The maximum Gasteiger partial charge on any atom is 0.330 e. The van der Waals surface area contributed by atoms with Crippen molar-refractivity contribution in [3.05, 3.63) is 12.7 Å². The monoisotopic (exact) mass is 211 g/mol. The van der Waals surface area contributed by atoms with E-state index in [1.54, 1.807) is 4.90 Å². The van der Waals surface area contributed by atoms with Gasteiger partial charge in [0.25, 0.3) is 0 Å². The van der Waals surface area contributed by atoms with Crippen LogP contribution in [0.4, 0.5) is 0 Å². The highest BCUT2D eigenvalue weighted by Gasteiger charge is 2.16. The minimum absolute atomic E-state index is 0.169. The van der Waals surface area contributed by atoms with Crippen LogP contribution in [0.1, 0.15) is 25.7 Å². The van der Waals surface area contributed by atoms with Gasteiger partial charge in [-0.3, -0.25) is 4.79 Å². The summed E-state index contributed by atoms with van der Waals surface area (Å²) in [4.78, 5) is 24.1. The molecule has 15 heavy (non-hydrogen) atoms. The van der Waals surface area contributed by atoms with E-state index in [-0.39, 0.29) is 12.5 Å². The molecule has 0 aromatic carbocycles. The van der Waals surface area contributed by atoms with Crippen LogP contribution >= 0.6 is 0 Å². The van der Waals surface area contributed by atoms with Gasteiger partial charge < -0.3 is 9.64 Å². The number of likely N-dealkylation sites (tertiary alicyclic amines) is 1. The molecule has 1 rings (SSSR count). The lowest BCUT2D eigenvalue weighted by molar-refractivity contribution is -0.140. The molecule has 0 aliphatic carbocycles. The fraction of sp³-hybridized carbons (Fsp3) is 0.636. The van der Waals surface area contributed by atoms with Gasteiger partial charge in [-0.15, -0.1) is 0 Å². The van der Waals surface area contributed by atoms with E-state index in [9.17, 15) is 9.59 Å². The van der Waals surface area contributed by atoms with E-state index in [1.807, 2.05) is 0 Å². The van der Waals surface area contributed by atoms with Crippen LogP contribution in [0.15, 0.2) is 12.7 Å². The summed E-state index contributed by atoms with van der Waals surface area (Å²) in [6, 6.07) is 0. The van der Waals surface area contributed by atoms with Crippen LogP contribution in [0.25, 0.3) is 0 Å². The van der Waals surface area contributed by atoms with Crippen LogP contribution in [0.3, 0.4) is 0 Å². The second-order valence-corrected chi connectivity index (χ2v) is 3.56. The van der Waals surface area contributed by atoms with Crippen LogP contribution in [-0.4, -0.2) is 36.5 Å². The fourth-order valence-corrected chi connectivity index (χ4v) is 1.59. The third kappa shape index (κ3) is 4.14. The number of rotatable bonds is 4. The first-order valence-corrected chi connectivity index (χ1v) is 5.31. The molecule has 0 bridgehead atoms. The maximum atomic E-state index is 11.5. The average Bonchev–Trinajstić information content (AvgIpc) is 2.44. The molecular weight excluding hydrogens is 194 g/mol. The minimum Gasteiger partial charge on any atom is -0.461 e. The first kappa shape index (κ1) is 11.8. The van der Waals surface area contributed by atoms with Gasteiger partial charge in [-0.1, -0.05) is 13.0 Å². The van der Waals surface area contributed by atoms with E-state index in [0.717, 1.165) is 31.9 Å². The Morgan fingerprint density at radius 2 is 2.27 bits per heavy atom. The van der Waals surface area contributed by atoms with Crippen molar-refractivity contribution >= 4 is 11.9 Å². The molecule has 1 fully saturated rings. The molecule has 84 valence electrons. The molecule has 0 radical (unpaired) electrons. The summed E-state index contributed by atoms with van der Waals surface area (Å²) in [6.07, 6.45) is 4.87. The normalized spacial score (nSPS) is 17.1. The number of hydrogen-bond acceptors (Lipinski definition) is 3. The van der Waals surface area contributed by atoms with Crippen LogP contribution in [-0.2, 0) is 14.3 Å². The summed E-state index contributed by atoms with van der Waals surface area (Å²) >= 11 is 0. The predicted molar refractivity (Wildman–Crippen MR) is 56.2 cm³/mol. The Balaban J connectivity index is 2.26. The minimum atomic E-state index is -0.433. The van der Waals surface area contributed by atoms with Gasteiger partial charge in [0.05, 0.1) is 6.54 Å². The van der Waals surface area contributed by atoms with Gasteiger partial charge in [0.2, 0.25) is 5.91 Å². The van der Waals surface area contributed by atoms with Crippen molar-refractivity contribution in [2.45, 2.75) is 25.7 Å². The number of amides is 1. The molecule has 1 amide bonds. The molecule has 0 unspecified atom stereocenters. The van der Waals surface area contributed by atoms with Crippen LogP contribution in [0, 0.1) is 0 Å². The van der Waals surface area contributed by atoms with Gasteiger partial charge in [0.15, 0.2) is 0 Å². The highest BCUT2D eigenvalue weighted by atomic mass is 16.5. The summed E-state index contributed by atoms with van der Waals surface area (Å²) in [6.45, 7) is 4.84. The van der Waals surface area contributed by atoms with Gasteiger partial charge in [-0.2, -0.15) is 0 Å². The predicted octanol–water partition coefficient (Wildman–Crippen LogP) is 1.12. The second-order valence-electron chi connectivity index (χ2n) is 3.56. The molecule has 0 N–H and O–H groups in total. The van der Waals surface area contributed by atoms with Crippen molar-refractivity contribution in [1.29, 1.82) is 0 Å². The zero-order chi connectivity index (χ0) is 11.1. The van der Waals surface area contributed by atoms with Gasteiger partial charge in [-0.25, -0.2) is 4.79 Å². The SMILES string of the molecule is C=CC(=O)OCCN1CCCCCC1=O. The molecule has 0 aromatic heterocycles.